The van der Waals surface area contributed by atoms with Gasteiger partial charge in [-0.3, -0.25) is 14.6 Å². The molecule has 1 atom stereocenters. The van der Waals surface area contributed by atoms with E-state index in [1.807, 2.05) is 13.8 Å². The Bertz CT molecular complexity index is 1390. The van der Waals surface area contributed by atoms with E-state index in [0.29, 0.717) is 30.0 Å². The van der Waals surface area contributed by atoms with Gasteiger partial charge in [0.05, 0.1) is 11.6 Å². The van der Waals surface area contributed by atoms with Crippen LogP contribution in [0.5, 0.6) is 5.75 Å². The summed E-state index contributed by atoms with van der Waals surface area (Å²) in [6.07, 6.45) is 6.82. The Morgan fingerprint density at radius 2 is 1.83 bits per heavy atom. The van der Waals surface area contributed by atoms with E-state index in [1.54, 1.807) is 57.2 Å². The Labute approximate surface area is 243 Å². The number of aromatic nitrogens is 1. The lowest BCUT2D eigenvalue weighted by atomic mass is 10.0. The lowest BCUT2D eigenvalue weighted by molar-refractivity contribution is -0.137. The first kappa shape index (κ1) is 33.5. The molecule has 1 aliphatic carbocycles. The second kappa shape index (κ2) is 15.9. The number of ether oxygens (including phenoxy) is 1. The van der Waals surface area contributed by atoms with Crippen LogP contribution < -0.4 is 20.7 Å². The summed E-state index contributed by atoms with van der Waals surface area (Å²) in [5, 5.41) is 7.70. The molecule has 3 N–H and O–H groups in total. The lowest BCUT2D eigenvalue weighted by Crippen LogP contribution is -2.35. The summed E-state index contributed by atoms with van der Waals surface area (Å²) in [7, 11) is 0. The number of carbonyl (C=O) groups is 3. The van der Waals surface area contributed by atoms with Gasteiger partial charge in [-0.05, 0) is 57.2 Å². The van der Waals surface area contributed by atoms with Crippen molar-refractivity contribution < 1.29 is 32.3 Å². The summed E-state index contributed by atoms with van der Waals surface area (Å²) >= 11 is 0. The summed E-state index contributed by atoms with van der Waals surface area (Å²) in [4.78, 5) is 41.0. The van der Waals surface area contributed by atoms with Gasteiger partial charge in [0.25, 0.3) is 5.91 Å². The molecule has 0 aliphatic heterocycles. The second-order valence-corrected chi connectivity index (χ2v) is 9.00. The number of amides is 3. The SMILES string of the molecule is CC.CCNC(=O)c1cc(O/C2=C/C=CC(NC(=O)Nc3cc(C(=O)C=C(C)C)cc(C(F)(F)F)c3)C=CC2)ccn1. The van der Waals surface area contributed by atoms with E-state index in [2.05, 4.69) is 20.9 Å². The summed E-state index contributed by atoms with van der Waals surface area (Å²) < 4.78 is 46.1. The van der Waals surface area contributed by atoms with Crippen LogP contribution in [0.4, 0.5) is 23.7 Å². The highest BCUT2D eigenvalue weighted by molar-refractivity contribution is 6.06. The summed E-state index contributed by atoms with van der Waals surface area (Å²) in [5.41, 5.74) is -0.559. The maximum atomic E-state index is 13.4. The number of urea groups is 1. The Kier molecular flexibility index (Phi) is 12.7. The van der Waals surface area contributed by atoms with Crippen LogP contribution in [0.1, 0.15) is 67.4 Å². The smallest absolute Gasteiger partial charge is 0.416 e. The number of nitrogens with one attached hydrogen (secondary N) is 3. The molecule has 3 rings (SSSR count). The van der Waals surface area contributed by atoms with Crippen molar-refractivity contribution in [3.05, 3.63) is 101 Å². The number of allylic oxidation sites excluding steroid dienone is 5. The molecule has 224 valence electrons. The molecule has 1 aromatic carbocycles. The number of anilines is 1. The van der Waals surface area contributed by atoms with Crippen LogP contribution in [-0.2, 0) is 6.18 Å². The molecule has 0 saturated carbocycles. The number of rotatable bonds is 8. The highest BCUT2D eigenvalue weighted by atomic mass is 19.4. The van der Waals surface area contributed by atoms with Crippen molar-refractivity contribution in [1.82, 2.24) is 15.6 Å². The topological polar surface area (TPSA) is 109 Å². The highest BCUT2D eigenvalue weighted by Gasteiger charge is 2.32. The molecular formula is C31H35F3N4O4. The van der Waals surface area contributed by atoms with E-state index < -0.39 is 29.6 Å². The maximum absolute atomic E-state index is 13.4. The van der Waals surface area contributed by atoms with Crippen molar-refractivity contribution in [3.63, 3.8) is 0 Å². The molecule has 1 aromatic heterocycles. The van der Waals surface area contributed by atoms with E-state index in [-0.39, 0.29) is 22.9 Å². The molecule has 0 fully saturated rings. The summed E-state index contributed by atoms with van der Waals surface area (Å²) in [6, 6.07) is 4.55. The molecular weight excluding hydrogens is 549 g/mol. The zero-order valence-corrected chi connectivity index (χ0v) is 24.1. The number of carbonyl (C=O) groups excluding carboxylic acids is 3. The van der Waals surface area contributed by atoms with Gasteiger partial charge in [0, 0.05) is 36.5 Å². The molecule has 11 heteroatoms. The van der Waals surface area contributed by atoms with Crippen LogP contribution in [0.2, 0.25) is 0 Å². The predicted molar refractivity (Wildman–Crippen MR) is 156 cm³/mol. The normalized spacial score (nSPS) is 15.4. The Hall–Kier alpha value is -4.67. The van der Waals surface area contributed by atoms with E-state index >= 15 is 0 Å². The van der Waals surface area contributed by atoms with Crippen molar-refractivity contribution in [3.8, 4) is 5.75 Å². The van der Waals surface area contributed by atoms with Gasteiger partial charge in [-0.25, -0.2) is 4.79 Å². The fraction of sp³-hybridized carbons (Fsp3) is 0.290. The molecule has 2 aromatic rings. The van der Waals surface area contributed by atoms with Crippen molar-refractivity contribution >= 4 is 23.4 Å². The number of nitrogens with zero attached hydrogens (tertiary/aromatic N) is 1. The van der Waals surface area contributed by atoms with Crippen LogP contribution in [0.3, 0.4) is 0 Å². The van der Waals surface area contributed by atoms with Gasteiger partial charge in [-0.15, -0.1) is 0 Å². The third-order valence-electron chi connectivity index (χ3n) is 5.33. The maximum Gasteiger partial charge on any atom is 0.416 e. The minimum absolute atomic E-state index is 0.170. The second-order valence-electron chi connectivity index (χ2n) is 9.00. The van der Waals surface area contributed by atoms with E-state index in [0.717, 1.165) is 12.1 Å². The van der Waals surface area contributed by atoms with Crippen LogP contribution in [-0.4, -0.2) is 35.3 Å². The molecule has 0 spiro atoms. The average molecular weight is 585 g/mol. The Morgan fingerprint density at radius 3 is 2.50 bits per heavy atom. The minimum atomic E-state index is -4.70. The summed E-state index contributed by atoms with van der Waals surface area (Å²) in [6.45, 7) is 9.58. The van der Waals surface area contributed by atoms with Crippen molar-refractivity contribution in [2.45, 2.75) is 53.3 Å². The molecule has 8 nitrogen and oxygen atoms in total. The summed E-state index contributed by atoms with van der Waals surface area (Å²) in [5.74, 6) is 0.0910. The van der Waals surface area contributed by atoms with Crippen molar-refractivity contribution in [2.24, 2.45) is 0 Å². The van der Waals surface area contributed by atoms with E-state index in [9.17, 15) is 27.6 Å². The third-order valence-corrected chi connectivity index (χ3v) is 5.33. The van der Waals surface area contributed by atoms with Gasteiger partial charge in [-0.1, -0.05) is 43.7 Å². The number of halogens is 3. The zero-order valence-electron chi connectivity index (χ0n) is 24.1. The van der Waals surface area contributed by atoms with Gasteiger partial charge in [-0.2, -0.15) is 13.2 Å². The molecule has 1 aliphatic rings. The lowest BCUT2D eigenvalue weighted by Gasteiger charge is -2.16. The Morgan fingerprint density at radius 1 is 1.10 bits per heavy atom. The quantitative estimate of drug-likeness (QED) is 0.176. The number of pyridine rings is 1. The molecule has 42 heavy (non-hydrogen) atoms. The van der Waals surface area contributed by atoms with E-state index in [1.165, 1.54) is 24.4 Å². The number of ketones is 1. The first-order valence-corrected chi connectivity index (χ1v) is 13.4. The molecule has 1 unspecified atom stereocenters. The molecule has 0 radical (unpaired) electrons. The molecule has 0 bridgehead atoms. The first-order chi connectivity index (χ1) is 19.9. The number of hydrogen-bond acceptors (Lipinski definition) is 5. The van der Waals surface area contributed by atoms with Gasteiger partial charge in [0.15, 0.2) is 5.78 Å². The van der Waals surface area contributed by atoms with Crippen molar-refractivity contribution in [1.29, 1.82) is 0 Å². The van der Waals surface area contributed by atoms with Crippen LogP contribution in [0.25, 0.3) is 0 Å². The molecule has 1 heterocycles. The monoisotopic (exact) mass is 584 g/mol. The first-order valence-electron chi connectivity index (χ1n) is 13.4. The minimum Gasteiger partial charge on any atom is -0.461 e. The largest absolute Gasteiger partial charge is 0.461 e. The standard InChI is InChI=1S/C29H29F3N4O4.C2H6/c1-4-33-27(38)25-17-24(11-12-34-25)40-23-9-5-7-21(8-6-10-23)35-28(39)36-22-15-19(26(37)13-18(2)3)14-20(16-22)29(30,31)32;1-2/h5-9,11-17,21H,4,10H2,1-3H3,(H,33,38)(H2,35,36,39);1-2H3/b7-5?,8-6?,23-9+;. The fourth-order valence-corrected chi connectivity index (χ4v) is 3.59. The molecule has 0 saturated heterocycles. The number of alkyl halides is 3. The zero-order chi connectivity index (χ0) is 31.3. The molecule has 3 amide bonds. The highest BCUT2D eigenvalue weighted by Crippen LogP contribution is 2.32. The van der Waals surface area contributed by atoms with Gasteiger partial charge < -0.3 is 20.7 Å². The van der Waals surface area contributed by atoms with Gasteiger partial charge in [0.2, 0.25) is 0 Å². The Balaban J connectivity index is 0.00000301. The fourth-order valence-electron chi connectivity index (χ4n) is 3.59. The third kappa shape index (κ3) is 10.7. The van der Waals surface area contributed by atoms with Crippen LogP contribution in [0.15, 0.2) is 84.3 Å². The van der Waals surface area contributed by atoms with Gasteiger partial charge in [0.1, 0.15) is 17.2 Å². The average Bonchev–Trinajstić information content (AvgIpc) is 2.91. The van der Waals surface area contributed by atoms with Crippen LogP contribution >= 0.6 is 0 Å². The van der Waals surface area contributed by atoms with Crippen LogP contribution in [0, 0.1) is 0 Å². The number of benzene rings is 1. The van der Waals surface area contributed by atoms with Crippen molar-refractivity contribution in [2.75, 3.05) is 11.9 Å². The van der Waals surface area contributed by atoms with Gasteiger partial charge >= 0.3 is 12.2 Å². The predicted octanol–water partition coefficient (Wildman–Crippen LogP) is 6.99. The van der Waals surface area contributed by atoms with E-state index in [4.69, 9.17) is 4.74 Å². The number of hydrogen-bond donors (Lipinski definition) is 3.